The topological polar surface area (TPSA) is 91.7 Å². The second-order valence-corrected chi connectivity index (χ2v) is 0.939. The van der Waals surface area contributed by atoms with Crippen LogP contribution in [0.15, 0.2) is 0 Å². The van der Waals surface area contributed by atoms with E-state index in [0.717, 1.165) is 0 Å². The Morgan fingerprint density at radius 3 is 1.11 bits per heavy atom. The molecule has 0 aromatic heterocycles. The third kappa shape index (κ3) is 3.67. The Hall–Kier alpha value is -0.896. The van der Waals surface area contributed by atoms with Crippen molar-refractivity contribution in [3.05, 3.63) is 0 Å². The van der Waals surface area contributed by atoms with Crippen LogP contribution >= 0.6 is 0 Å². The van der Waals surface area contributed by atoms with Gasteiger partial charge >= 0.3 is 17.7 Å². The zero-order chi connectivity index (χ0) is 6.73. The zero-order valence-electron chi connectivity index (χ0n) is 3.94. The van der Waals surface area contributed by atoms with Crippen molar-refractivity contribution in [1.29, 1.82) is 0 Å². The number of carbonyl (C=O) groups excluding carboxylic acids is 1. The summed E-state index contributed by atoms with van der Waals surface area (Å²) in [5, 5.41) is 15.2. The van der Waals surface area contributed by atoms with E-state index < -0.39 is 17.7 Å². The van der Waals surface area contributed by atoms with E-state index in [1.54, 1.807) is 0 Å². The molecule has 0 aliphatic heterocycles. The zero-order valence-corrected chi connectivity index (χ0v) is 4.92. The van der Waals surface area contributed by atoms with Gasteiger partial charge in [0.05, 0.1) is 0 Å². The molecule has 0 unspecified atom stereocenters. The number of hydrogen-bond donors (Lipinski definition) is 2. The normalized spacial score (nSPS) is 7.11. The monoisotopic (exact) mass is 176 g/mol. The summed E-state index contributed by atoms with van der Waals surface area (Å²) in [6.45, 7) is 0. The van der Waals surface area contributed by atoms with Gasteiger partial charge in [-0.25, -0.2) is 9.59 Å². The van der Waals surface area contributed by atoms with Crippen molar-refractivity contribution in [2.24, 2.45) is 0 Å². The summed E-state index contributed by atoms with van der Waals surface area (Å²) in [6, 6.07) is 0. The van der Waals surface area contributed by atoms with Gasteiger partial charge in [0, 0.05) is 16.5 Å². The summed E-state index contributed by atoms with van der Waals surface area (Å²) in [7, 11) is 0. The van der Waals surface area contributed by atoms with Crippen LogP contribution in [0, 0.1) is 0 Å². The number of carboxylic acid groups (broad SMARTS) is 2. The Labute approximate surface area is 59.6 Å². The SMILES string of the molecule is O=C(O)C(=O)C(=O)O.[Ni]. The molecule has 2 N–H and O–H groups in total. The van der Waals surface area contributed by atoms with Gasteiger partial charge in [-0.1, -0.05) is 0 Å². The molecule has 0 atom stereocenters. The van der Waals surface area contributed by atoms with Gasteiger partial charge in [0.15, 0.2) is 0 Å². The molecule has 9 heavy (non-hydrogen) atoms. The maximum atomic E-state index is 9.64. The molecule has 0 aliphatic carbocycles. The predicted octanol–water partition coefficient (Wildman–Crippen LogP) is -1.28. The van der Waals surface area contributed by atoms with Crippen LogP contribution in [0.25, 0.3) is 0 Å². The van der Waals surface area contributed by atoms with E-state index in [-0.39, 0.29) is 16.5 Å². The fourth-order valence-electron chi connectivity index (χ4n) is 0.0915. The van der Waals surface area contributed by atoms with E-state index >= 15 is 0 Å². The van der Waals surface area contributed by atoms with Crippen LogP contribution in [-0.2, 0) is 30.9 Å². The number of carbonyl (C=O) groups is 3. The van der Waals surface area contributed by atoms with Crippen LogP contribution in [0.2, 0.25) is 0 Å². The minimum atomic E-state index is -1.95. The average molecular weight is 177 g/mol. The minimum absolute atomic E-state index is 0. The van der Waals surface area contributed by atoms with Crippen LogP contribution in [0.5, 0.6) is 0 Å². The molecule has 0 spiro atoms. The summed E-state index contributed by atoms with van der Waals surface area (Å²) >= 11 is 0. The number of ketones is 1. The first kappa shape index (κ1) is 11.0. The van der Waals surface area contributed by atoms with E-state index in [1.165, 1.54) is 0 Å². The molecule has 0 fully saturated rings. The fourth-order valence-corrected chi connectivity index (χ4v) is 0.0915. The van der Waals surface area contributed by atoms with Crippen LogP contribution in [0.4, 0.5) is 0 Å². The number of Topliss-reactive ketones (excluding diaryl/α,β-unsaturated/α-hetero) is 1. The minimum Gasteiger partial charge on any atom is -0.475 e. The van der Waals surface area contributed by atoms with E-state index in [1.807, 2.05) is 0 Å². The molecule has 0 aliphatic rings. The molecular weight excluding hydrogens is 175 g/mol. The van der Waals surface area contributed by atoms with E-state index in [2.05, 4.69) is 0 Å². The third-order valence-electron chi connectivity index (χ3n) is 0.388. The van der Waals surface area contributed by atoms with Gasteiger partial charge in [0.1, 0.15) is 0 Å². The molecule has 0 amide bonds. The van der Waals surface area contributed by atoms with Crippen LogP contribution in [-0.4, -0.2) is 27.9 Å². The van der Waals surface area contributed by atoms with Gasteiger partial charge in [-0.15, -0.1) is 0 Å². The largest absolute Gasteiger partial charge is 0.475 e. The van der Waals surface area contributed by atoms with Gasteiger partial charge in [0.2, 0.25) is 0 Å². The summed E-state index contributed by atoms with van der Waals surface area (Å²) < 4.78 is 0. The third-order valence-corrected chi connectivity index (χ3v) is 0.388. The maximum Gasteiger partial charge on any atom is 0.384 e. The van der Waals surface area contributed by atoms with Crippen LogP contribution in [0.1, 0.15) is 0 Å². The Bertz CT molecular complexity index is 134. The molecule has 54 valence electrons. The average Bonchev–Trinajstić information content (AvgIpc) is 1.64. The number of carboxylic acids is 2. The summed E-state index contributed by atoms with van der Waals surface area (Å²) in [5.74, 6) is -5.71. The number of rotatable bonds is 2. The van der Waals surface area contributed by atoms with Crippen molar-refractivity contribution in [1.82, 2.24) is 0 Å². The van der Waals surface area contributed by atoms with Crippen LogP contribution in [0.3, 0.4) is 0 Å². The van der Waals surface area contributed by atoms with Crippen molar-refractivity contribution in [3.8, 4) is 0 Å². The molecule has 0 bridgehead atoms. The second-order valence-electron chi connectivity index (χ2n) is 0.939. The molecule has 0 heterocycles. The Balaban J connectivity index is 0. The Kier molecular flexibility index (Phi) is 4.91. The van der Waals surface area contributed by atoms with Gasteiger partial charge in [-0.2, -0.15) is 0 Å². The molecule has 0 radical (unpaired) electrons. The van der Waals surface area contributed by atoms with Crippen LogP contribution < -0.4 is 0 Å². The number of hydrogen-bond acceptors (Lipinski definition) is 3. The summed E-state index contributed by atoms with van der Waals surface area (Å²) in [6.07, 6.45) is 0. The molecular formula is C3H2NiO5. The van der Waals surface area contributed by atoms with E-state index in [4.69, 9.17) is 10.2 Å². The van der Waals surface area contributed by atoms with E-state index in [0.29, 0.717) is 0 Å². The second kappa shape index (κ2) is 4.03. The standard InChI is InChI=1S/C3H2O5.Ni/c4-1(2(5)6)3(7)8;/h(H,5,6)(H,7,8);. The molecule has 0 aromatic carbocycles. The maximum absolute atomic E-state index is 9.64. The summed E-state index contributed by atoms with van der Waals surface area (Å²) in [5.41, 5.74) is 0. The molecule has 5 nitrogen and oxygen atoms in total. The molecule has 6 heteroatoms. The van der Waals surface area contributed by atoms with Crippen molar-refractivity contribution < 1.29 is 41.1 Å². The fraction of sp³-hybridized carbons (Fsp3) is 0. The van der Waals surface area contributed by atoms with Crippen molar-refractivity contribution in [2.45, 2.75) is 0 Å². The van der Waals surface area contributed by atoms with Gasteiger partial charge in [-0.05, 0) is 0 Å². The molecule has 0 aromatic rings. The molecule has 0 rings (SSSR count). The van der Waals surface area contributed by atoms with Gasteiger partial charge in [-0.3, -0.25) is 4.79 Å². The quantitative estimate of drug-likeness (QED) is 0.311. The number of aliphatic carboxylic acids is 2. The smallest absolute Gasteiger partial charge is 0.384 e. The first-order valence-electron chi connectivity index (χ1n) is 1.56. The first-order valence-corrected chi connectivity index (χ1v) is 1.56. The van der Waals surface area contributed by atoms with Gasteiger partial charge in [0.25, 0.3) is 0 Å². The van der Waals surface area contributed by atoms with E-state index in [9.17, 15) is 14.4 Å². The van der Waals surface area contributed by atoms with Crippen molar-refractivity contribution in [2.75, 3.05) is 0 Å². The Morgan fingerprint density at radius 2 is 1.11 bits per heavy atom. The van der Waals surface area contributed by atoms with Crippen molar-refractivity contribution in [3.63, 3.8) is 0 Å². The summed E-state index contributed by atoms with van der Waals surface area (Å²) in [4.78, 5) is 28.5. The first-order chi connectivity index (χ1) is 3.55. The van der Waals surface area contributed by atoms with Gasteiger partial charge < -0.3 is 10.2 Å². The van der Waals surface area contributed by atoms with Crippen molar-refractivity contribution >= 4 is 17.7 Å². The molecule has 0 saturated carbocycles. The predicted molar refractivity (Wildman–Crippen MR) is 20.3 cm³/mol. The Morgan fingerprint density at radius 1 is 0.889 bits per heavy atom. The molecule has 0 saturated heterocycles.